The van der Waals surface area contributed by atoms with Gasteiger partial charge < -0.3 is 26.0 Å². The van der Waals surface area contributed by atoms with E-state index in [0.29, 0.717) is 39.0 Å². The molecule has 12 heteroatoms. The number of unbranched alkanes of at least 4 members (excludes halogenated alkanes) is 10. The molecule has 45 heavy (non-hydrogen) atoms. The van der Waals surface area contributed by atoms with Crippen LogP contribution in [0.25, 0.3) is 0 Å². The molecule has 7 N–H and O–H groups in total. The average molecular weight is 639 g/mol. The van der Waals surface area contributed by atoms with Gasteiger partial charge >= 0.3 is 6.03 Å². The molecule has 3 atom stereocenters. The molecule has 1 rings (SSSR count). The molecular weight excluding hydrogens is 576 g/mol. The lowest BCUT2D eigenvalue weighted by molar-refractivity contribution is -0.139. The summed E-state index contributed by atoms with van der Waals surface area (Å²) in [6, 6.07) is -1.45. The number of urea groups is 1. The van der Waals surface area contributed by atoms with Crippen molar-refractivity contribution in [3.05, 3.63) is 0 Å². The first-order valence-electron chi connectivity index (χ1n) is 17.5. The normalized spacial score (nSPS) is 18.2. The number of carbonyl (C=O) groups is 5. The van der Waals surface area contributed by atoms with Gasteiger partial charge in [-0.25, -0.2) is 10.2 Å². The van der Waals surface area contributed by atoms with Crippen molar-refractivity contribution >= 4 is 29.4 Å². The Bertz CT molecular complexity index is 871. The van der Waals surface area contributed by atoms with E-state index in [1.807, 2.05) is 4.90 Å². The van der Waals surface area contributed by atoms with Crippen molar-refractivity contribution < 1.29 is 29.1 Å². The molecule has 12 nitrogen and oxygen atoms in total. The molecule has 1 heterocycles. The van der Waals surface area contributed by atoms with Gasteiger partial charge in [-0.1, -0.05) is 77.6 Å². The van der Waals surface area contributed by atoms with Crippen LogP contribution in [0.1, 0.15) is 129 Å². The molecule has 1 unspecified atom stereocenters. The second-order valence-corrected chi connectivity index (χ2v) is 12.5. The van der Waals surface area contributed by atoms with Gasteiger partial charge in [0.1, 0.15) is 6.04 Å². The number of nitrogens with two attached hydrogens (primary N) is 1. The van der Waals surface area contributed by atoms with Gasteiger partial charge in [0.25, 0.3) is 0 Å². The van der Waals surface area contributed by atoms with Gasteiger partial charge in [-0.15, -0.1) is 0 Å². The SMILES string of the molecule is CCCCCCCCCCCCCC(=O)N1CCCCNC(=O)NCCCCC(CC(=O)NCC(=O)C(=O)[C@@H](NN)[C@@H](C)O)C1. The second kappa shape index (κ2) is 25.6. The van der Waals surface area contributed by atoms with Gasteiger partial charge in [-0.05, 0) is 44.9 Å². The Balaban J connectivity index is 2.67. The van der Waals surface area contributed by atoms with E-state index in [4.69, 9.17) is 5.84 Å². The smallest absolute Gasteiger partial charge is 0.314 e. The fourth-order valence-electron chi connectivity index (χ4n) is 5.65. The van der Waals surface area contributed by atoms with Crippen molar-refractivity contribution in [2.45, 2.75) is 142 Å². The maximum Gasteiger partial charge on any atom is 0.314 e. The number of carbonyl (C=O) groups excluding carboxylic acids is 5. The number of aliphatic hydroxyl groups excluding tert-OH is 1. The van der Waals surface area contributed by atoms with Gasteiger partial charge in [0.05, 0.1) is 12.6 Å². The van der Waals surface area contributed by atoms with Gasteiger partial charge in [-0.2, -0.15) is 0 Å². The molecule has 0 radical (unpaired) electrons. The Kier molecular flexibility index (Phi) is 23.0. The van der Waals surface area contributed by atoms with E-state index in [9.17, 15) is 29.1 Å². The zero-order valence-electron chi connectivity index (χ0n) is 28.0. The fourth-order valence-corrected chi connectivity index (χ4v) is 5.65. The number of ketones is 2. The Hall–Kier alpha value is -2.57. The number of hydrazine groups is 1. The summed E-state index contributed by atoms with van der Waals surface area (Å²) in [4.78, 5) is 64.6. The van der Waals surface area contributed by atoms with E-state index >= 15 is 0 Å². The number of aliphatic hydroxyl groups is 1. The van der Waals surface area contributed by atoms with Crippen molar-refractivity contribution in [3.8, 4) is 0 Å². The summed E-state index contributed by atoms with van der Waals surface area (Å²) in [5, 5.41) is 17.9. The minimum absolute atomic E-state index is 0.0911. The molecule has 1 aliphatic heterocycles. The predicted octanol–water partition coefficient (Wildman–Crippen LogP) is 3.25. The quantitative estimate of drug-likeness (QED) is 0.0508. The van der Waals surface area contributed by atoms with Gasteiger partial charge in [-0.3, -0.25) is 25.0 Å². The van der Waals surface area contributed by atoms with Crippen LogP contribution in [-0.2, 0) is 19.2 Å². The van der Waals surface area contributed by atoms with Crippen molar-refractivity contribution in [2.24, 2.45) is 11.8 Å². The highest BCUT2D eigenvalue weighted by atomic mass is 16.3. The first kappa shape index (κ1) is 40.5. The number of hydrogen-bond acceptors (Lipinski definition) is 8. The second-order valence-electron chi connectivity index (χ2n) is 12.5. The highest BCUT2D eigenvalue weighted by molar-refractivity contribution is 6.40. The predicted molar refractivity (Wildman–Crippen MR) is 176 cm³/mol. The van der Waals surface area contributed by atoms with Crippen LogP contribution in [0.15, 0.2) is 0 Å². The molecule has 0 bridgehead atoms. The minimum atomic E-state index is -1.25. The van der Waals surface area contributed by atoms with E-state index in [2.05, 4.69) is 28.3 Å². The van der Waals surface area contributed by atoms with Crippen LogP contribution in [0.2, 0.25) is 0 Å². The molecule has 1 saturated heterocycles. The molecule has 0 saturated carbocycles. The maximum absolute atomic E-state index is 13.3. The number of nitrogens with one attached hydrogen (secondary N) is 4. The summed E-state index contributed by atoms with van der Waals surface area (Å²) < 4.78 is 0. The third kappa shape index (κ3) is 19.5. The third-order valence-electron chi connectivity index (χ3n) is 8.43. The lowest BCUT2D eigenvalue weighted by Crippen LogP contribution is -2.52. The van der Waals surface area contributed by atoms with E-state index in [1.54, 1.807) is 0 Å². The number of rotatable bonds is 20. The average Bonchev–Trinajstić information content (AvgIpc) is 3.01. The first-order valence-corrected chi connectivity index (χ1v) is 17.5. The monoisotopic (exact) mass is 638 g/mol. The topological polar surface area (TPSA) is 183 Å². The highest BCUT2D eigenvalue weighted by Gasteiger charge is 2.28. The van der Waals surface area contributed by atoms with Crippen molar-refractivity contribution in [1.82, 2.24) is 26.3 Å². The van der Waals surface area contributed by atoms with Crippen LogP contribution in [0.4, 0.5) is 4.79 Å². The third-order valence-corrected chi connectivity index (χ3v) is 8.43. The van der Waals surface area contributed by atoms with Crippen LogP contribution in [0.3, 0.4) is 0 Å². The molecular formula is C33H62N6O6. The summed E-state index contributed by atoms with van der Waals surface area (Å²) in [5.74, 6) is 3.10. The van der Waals surface area contributed by atoms with Crippen molar-refractivity contribution in [3.63, 3.8) is 0 Å². The van der Waals surface area contributed by atoms with Crippen LogP contribution < -0.4 is 27.2 Å². The Labute approximate surface area is 270 Å². The van der Waals surface area contributed by atoms with Crippen LogP contribution in [0, 0.1) is 5.92 Å². The lowest BCUT2D eigenvalue weighted by Gasteiger charge is -2.28. The summed E-state index contributed by atoms with van der Waals surface area (Å²) in [6.07, 6.45) is 16.4. The molecule has 0 aromatic heterocycles. The number of Topliss-reactive ketones (excluding diaryl/α,β-unsaturated/α-hetero) is 2. The van der Waals surface area contributed by atoms with Crippen LogP contribution >= 0.6 is 0 Å². The van der Waals surface area contributed by atoms with Crippen molar-refractivity contribution in [1.29, 1.82) is 0 Å². The Morgan fingerprint density at radius 2 is 1.49 bits per heavy atom. The summed E-state index contributed by atoms with van der Waals surface area (Å²) in [5.41, 5.74) is 2.13. The van der Waals surface area contributed by atoms with E-state index in [-0.39, 0.29) is 30.2 Å². The first-order chi connectivity index (χ1) is 21.7. The molecule has 4 amide bonds. The molecule has 1 aliphatic rings. The fraction of sp³-hybridized carbons (Fsp3) is 0.848. The van der Waals surface area contributed by atoms with Crippen LogP contribution in [-0.4, -0.2) is 84.3 Å². The highest BCUT2D eigenvalue weighted by Crippen LogP contribution is 2.18. The summed E-state index contributed by atoms with van der Waals surface area (Å²) >= 11 is 0. The molecule has 260 valence electrons. The van der Waals surface area contributed by atoms with E-state index in [0.717, 1.165) is 44.9 Å². The Morgan fingerprint density at radius 3 is 2.07 bits per heavy atom. The molecule has 0 aromatic rings. The Morgan fingerprint density at radius 1 is 0.911 bits per heavy atom. The van der Waals surface area contributed by atoms with Crippen LogP contribution in [0.5, 0.6) is 0 Å². The summed E-state index contributed by atoms with van der Waals surface area (Å²) in [7, 11) is 0. The molecule has 0 aliphatic carbocycles. The van der Waals surface area contributed by atoms with E-state index < -0.39 is 30.3 Å². The number of amides is 4. The van der Waals surface area contributed by atoms with Gasteiger partial charge in [0.15, 0.2) is 0 Å². The zero-order valence-corrected chi connectivity index (χ0v) is 28.0. The van der Waals surface area contributed by atoms with Gasteiger partial charge in [0, 0.05) is 39.0 Å². The maximum atomic E-state index is 13.3. The van der Waals surface area contributed by atoms with Crippen molar-refractivity contribution in [2.75, 3.05) is 32.7 Å². The van der Waals surface area contributed by atoms with Gasteiger partial charge in [0.2, 0.25) is 23.4 Å². The number of hydrogen-bond donors (Lipinski definition) is 6. The van der Waals surface area contributed by atoms with E-state index in [1.165, 1.54) is 58.3 Å². The lowest BCUT2D eigenvalue weighted by atomic mass is 9.96. The molecule has 1 fully saturated rings. The summed E-state index contributed by atoms with van der Waals surface area (Å²) in [6.45, 7) is 5.13. The number of nitrogens with zero attached hydrogens (tertiary/aromatic N) is 1. The molecule has 0 spiro atoms. The molecule has 0 aromatic carbocycles. The zero-order chi connectivity index (χ0) is 33.3. The minimum Gasteiger partial charge on any atom is -0.391 e. The standard InChI is InChI=1S/C33H62N6O6/c1-3-4-5-6-7-8-9-10-11-12-13-19-30(43)39-22-17-16-21-36-33(45)35-20-15-14-18-27(25-39)23-29(42)37-24-28(41)32(44)31(38-34)26(2)40/h26-27,31,38,40H,3-25,34H2,1-2H3,(H,37,42)(H2,35,36,45)/t26-,27?,31+/m1/s1. The largest absolute Gasteiger partial charge is 0.391 e.